The minimum absolute atomic E-state index is 0.505. The Hall–Kier alpha value is -0.590. The van der Waals surface area contributed by atoms with Crippen molar-refractivity contribution >= 4 is 14.2 Å². The third-order valence-electron chi connectivity index (χ3n) is 0.514. The lowest BCUT2D eigenvalue weighted by Crippen LogP contribution is -2.33. The standard InChI is InChI=1S/C3H7NO3.HO3P/c4-2(1-5)3(6)7;1-4(2)3/h2,5H,1,4H2,(H,6,7);(H-,1,2,3)/p+1. The number of rotatable bonds is 2. The van der Waals surface area contributed by atoms with Crippen LogP contribution in [0.4, 0.5) is 0 Å². The van der Waals surface area contributed by atoms with Crippen LogP contribution in [-0.4, -0.2) is 38.6 Å². The number of nitrogens with two attached hydrogens (primary N) is 1. The molecule has 0 saturated heterocycles. The summed E-state index contributed by atoms with van der Waals surface area (Å²) in [6, 6.07) is -1.13. The maximum atomic E-state index is 9.65. The van der Waals surface area contributed by atoms with Crippen molar-refractivity contribution in [3.05, 3.63) is 0 Å². The van der Waals surface area contributed by atoms with Crippen molar-refractivity contribution in [2.45, 2.75) is 6.04 Å². The highest BCUT2D eigenvalue weighted by Crippen LogP contribution is 1.98. The first kappa shape index (κ1) is 13.0. The summed E-state index contributed by atoms with van der Waals surface area (Å²) in [5, 5.41) is 15.9. The summed E-state index contributed by atoms with van der Waals surface area (Å²) in [5.74, 6) is -1.18. The first-order valence-corrected chi connectivity index (χ1v) is 3.52. The molecule has 0 spiro atoms. The van der Waals surface area contributed by atoms with Crippen LogP contribution in [0.2, 0.25) is 0 Å². The first-order valence-electron chi connectivity index (χ1n) is 2.36. The second-order valence-electron chi connectivity index (χ2n) is 1.38. The summed E-state index contributed by atoms with van der Waals surface area (Å²) in [4.78, 5) is 23.9. The highest BCUT2D eigenvalue weighted by Gasteiger charge is 2.06. The predicted molar refractivity (Wildman–Crippen MR) is 34.7 cm³/mol. The van der Waals surface area contributed by atoms with Gasteiger partial charge in [0.25, 0.3) is 0 Å². The van der Waals surface area contributed by atoms with Crippen LogP contribution in [0.1, 0.15) is 0 Å². The van der Waals surface area contributed by atoms with Crippen LogP contribution in [0.5, 0.6) is 0 Å². The molecule has 0 aliphatic carbocycles. The summed E-state index contributed by atoms with van der Waals surface area (Å²) < 4.78 is 8.70. The van der Waals surface area contributed by atoms with E-state index < -0.39 is 26.9 Å². The van der Waals surface area contributed by atoms with E-state index in [1.807, 2.05) is 0 Å². The van der Waals surface area contributed by atoms with Crippen molar-refractivity contribution in [2.24, 2.45) is 5.73 Å². The zero-order valence-corrected chi connectivity index (χ0v) is 6.31. The minimum Gasteiger partial charge on any atom is -0.480 e. The lowest BCUT2D eigenvalue weighted by atomic mass is 10.3. The van der Waals surface area contributed by atoms with Gasteiger partial charge in [-0.2, -0.15) is 0 Å². The van der Waals surface area contributed by atoms with Crippen molar-refractivity contribution in [1.29, 1.82) is 0 Å². The average molecular weight is 186 g/mol. The summed E-state index contributed by atoms with van der Waals surface area (Å²) in [5.41, 5.74) is 4.77. The van der Waals surface area contributed by atoms with Gasteiger partial charge in [0.05, 0.1) is 6.61 Å². The van der Waals surface area contributed by atoms with Gasteiger partial charge >= 0.3 is 14.2 Å². The van der Waals surface area contributed by atoms with Crippen molar-refractivity contribution in [1.82, 2.24) is 0 Å². The lowest BCUT2D eigenvalue weighted by molar-refractivity contribution is -0.139. The Morgan fingerprint density at radius 2 is 1.82 bits per heavy atom. The van der Waals surface area contributed by atoms with Gasteiger partial charge in [-0.15, -0.1) is 9.79 Å². The number of carboxylic acids is 1. The van der Waals surface area contributed by atoms with Crippen molar-refractivity contribution in [3.8, 4) is 0 Å². The third-order valence-corrected chi connectivity index (χ3v) is 0.514. The van der Waals surface area contributed by atoms with Crippen LogP contribution >= 0.6 is 8.25 Å². The van der Waals surface area contributed by atoms with Crippen LogP contribution in [0, 0.1) is 0 Å². The second kappa shape index (κ2) is 7.52. The van der Waals surface area contributed by atoms with Crippen LogP contribution in [0.15, 0.2) is 0 Å². The van der Waals surface area contributed by atoms with Crippen LogP contribution in [0.25, 0.3) is 0 Å². The number of aliphatic hydroxyl groups is 1. The van der Waals surface area contributed by atoms with E-state index in [-0.39, 0.29) is 0 Å². The Balaban J connectivity index is 0. The predicted octanol–water partition coefficient (Wildman–Crippen LogP) is -1.98. The number of carboxylic acid groups (broad SMARTS) is 1. The molecule has 66 valence electrons. The maximum absolute atomic E-state index is 9.65. The summed E-state index contributed by atoms with van der Waals surface area (Å²) in [6.45, 7) is -0.505. The molecule has 1 unspecified atom stereocenters. The number of carbonyl (C=O) groups is 1. The fourth-order valence-corrected chi connectivity index (χ4v) is 0.0781. The second-order valence-corrected chi connectivity index (χ2v) is 1.89. The Morgan fingerprint density at radius 3 is 1.82 bits per heavy atom. The molecule has 0 rings (SSSR count). The van der Waals surface area contributed by atoms with Gasteiger partial charge in [-0.3, -0.25) is 4.79 Å². The zero-order valence-electron chi connectivity index (χ0n) is 5.41. The van der Waals surface area contributed by atoms with E-state index in [0.717, 1.165) is 0 Å². The number of hydrogen-bond donors (Lipinski definition) is 5. The Morgan fingerprint density at radius 1 is 1.55 bits per heavy atom. The van der Waals surface area contributed by atoms with Gasteiger partial charge in [0.1, 0.15) is 6.04 Å². The van der Waals surface area contributed by atoms with Gasteiger partial charge in [0.2, 0.25) is 0 Å². The summed E-state index contributed by atoms with van der Waals surface area (Å²) in [6.07, 6.45) is 0. The molecule has 0 aliphatic rings. The summed E-state index contributed by atoms with van der Waals surface area (Å²) >= 11 is 0. The van der Waals surface area contributed by atoms with E-state index in [4.69, 9.17) is 30.3 Å². The van der Waals surface area contributed by atoms with Gasteiger partial charge < -0.3 is 15.9 Å². The minimum atomic E-state index is -2.87. The molecule has 0 heterocycles. The fraction of sp³-hybridized carbons (Fsp3) is 0.667. The lowest BCUT2D eigenvalue weighted by Gasteiger charge is -1.96. The normalized spacial score (nSPS) is 10.9. The number of aliphatic carboxylic acids is 1. The molecule has 8 heteroatoms. The fourth-order valence-electron chi connectivity index (χ4n) is 0.0781. The third kappa shape index (κ3) is 17.7. The van der Waals surface area contributed by atoms with Crippen molar-refractivity contribution in [3.63, 3.8) is 0 Å². The molecule has 0 radical (unpaired) electrons. The maximum Gasteiger partial charge on any atom is 0.692 e. The monoisotopic (exact) mass is 186 g/mol. The molecule has 0 bridgehead atoms. The van der Waals surface area contributed by atoms with Gasteiger partial charge in [-0.25, -0.2) is 0 Å². The highest BCUT2D eigenvalue weighted by molar-refractivity contribution is 7.30. The SMILES string of the molecule is NC(CO)C(=O)O.O=[P+](O)O. The smallest absolute Gasteiger partial charge is 0.480 e. The largest absolute Gasteiger partial charge is 0.692 e. The zero-order chi connectivity index (χ0) is 9.44. The molecule has 11 heavy (non-hydrogen) atoms. The van der Waals surface area contributed by atoms with Gasteiger partial charge in [0, 0.05) is 4.57 Å². The van der Waals surface area contributed by atoms with Crippen LogP contribution in [0.3, 0.4) is 0 Å². The quantitative estimate of drug-likeness (QED) is 0.314. The molecule has 0 amide bonds. The topological polar surface area (TPSA) is 141 Å². The van der Waals surface area contributed by atoms with E-state index in [2.05, 4.69) is 0 Å². The molecule has 6 N–H and O–H groups in total. The molecule has 7 nitrogen and oxygen atoms in total. The Labute approximate surface area is 63.0 Å². The van der Waals surface area contributed by atoms with E-state index in [1.165, 1.54) is 0 Å². The number of hydrogen-bond acceptors (Lipinski definition) is 4. The molecular formula is C3H9NO6P+. The van der Waals surface area contributed by atoms with E-state index in [0.29, 0.717) is 0 Å². The number of aliphatic hydroxyl groups excluding tert-OH is 1. The van der Waals surface area contributed by atoms with Crippen LogP contribution < -0.4 is 5.73 Å². The molecule has 0 aromatic rings. The molecule has 0 aromatic carbocycles. The molecule has 0 aliphatic heterocycles. The van der Waals surface area contributed by atoms with Gasteiger partial charge in [-0.1, -0.05) is 0 Å². The summed E-state index contributed by atoms with van der Waals surface area (Å²) in [7, 11) is -2.87. The van der Waals surface area contributed by atoms with E-state index >= 15 is 0 Å². The molecule has 1 atom stereocenters. The van der Waals surface area contributed by atoms with Gasteiger partial charge in [-0.05, 0) is 0 Å². The first-order chi connectivity index (χ1) is 4.91. The highest BCUT2D eigenvalue weighted by atomic mass is 31.1. The Kier molecular flexibility index (Phi) is 8.91. The van der Waals surface area contributed by atoms with Crippen molar-refractivity contribution < 1.29 is 29.4 Å². The average Bonchev–Trinajstić information content (AvgIpc) is 1.85. The van der Waals surface area contributed by atoms with E-state index in [1.54, 1.807) is 0 Å². The van der Waals surface area contributed by atoms with Gasteiger partial charge in [0.15, 0.2) is 0 Å². The van der Waals surface area contributed by atoms with Crippen LogP contribution in [-0.2, 0) is 9.36 Å². The van der Waals surface area contributed by atoms with Crippen molar-refractivity contribution in [2.75, 3.05) is 6.61 Å². The molecule has 0 saturated carbocycles. The molecular weight excluding hydrogens is 177 g/mol. The Bertz CT molecular complexity index is 134. The molecule has 0 fully saturated rings. The molecule has 0 aromatic heterocycles. The van der Waals surface area contributed by atoms with E-state index in [9.17, 15) is 4.79 Å².